The van der Waals surface area contributed by atoms with Crippen LogP contribution in [0.1, 0.15) is 43.7 Å². The van der Waals surface area contributed by atoms with E-state index in [-0.39, 0.29) is 0 Å². The zero-order valence-electron chi connectivity index (χ0n) is 12.0. The van der Waals surface area contributed by atoms with Crippen LogP contribution in [0.2, 0.25) is 0 Å². The first-order valence-electron chi connectivity index (χ1n) is 6.92. The SMILES string of the molecule is CNCC1(Cc2ccc(OC)c(C(C)C)c2)CC1. The van der Waals surface area contributed by atoms with Gasteiger partial charge < -0.3 is 10.1 Å². The van der Waals surface area contributed by atoms with E-state index in [4.69, 9.17) is 4.74 Å². The lowest BCUT2D eigenvalue weighted by atomic mass is 9.92. The summed E-state index contributed by atoms with van der Waals surface area (Å²) in [7, 11) is 3.80. The summed E-state index contributed by atoms with van der Waals surface area (Å²) in [5, 5.41) is 3.33. The van der Waals surface area contributed by atoms with E-state index in [0.29, 0.717) is 11.3 Å². The Labute approximate surface area is 111 Å². The zero-order valence-corrected chi connectivity index (χ0v) is 12.0. The van der Waals surface area contributed by atoms with Crippen molar-refractivity contribution in [2.75, 3.05) is 20.7 Å². The van der Waals surface area contributed by atoms with Crippen molar-refractivity contribution in [3.63, 3.8) is 0 Å². The molecule has 1 saturated carbocycles. The molecule has 0 amide bonds. The van der Waals surface area contributed by atoms with Crippen LogP contribution in [0.3, 0.4) is 0 Å². The molecule has 0 spiro atoms. The summed E-state index contributed by atoms with van der Waals surface area (Å²) in [5.74, 6) is 1.53. The van der Waals surface area contributed by atoms with Crippen LogP contribution in [0, 0.1) is 5.41 Å². The molecule has 0 unspecified atom stereocenters. The Morgan fingerprint density at radius 2 is 2.06 bits per heavy atom. The molecule has 0 saturated heterocycles. The Kier molecular flexibility index (Phi) is 3.96. The normalized spacial score (nSPS) is 16.9. The first-order chi connectivity index (χ1) is 8.60. The van der Waals surface area contributed by atoms with Gasteiger partial charge in [-0.05, 0) is 54.8 Å². The summed E-state index contributed by atoms with van der Waals surface area (Å²) in [6.45, 7) is 5.58. The number of benzene rings is 1. The van der Waals surface area contributed by atoms with E-state index in [9.17, 15) is 0 Å². The molecule has 0 bridgehead atoms. The van der Waals surface area contributed by atoms with Gasteiger partial charge in [0.15, 0.2) is 0 Å². The Balaban J connectivity index is 2.17. The third kappa shape index (κ3) is 2.86. The van der Waals surface area contributed by atoms with Gasteiger partial charge in [0.05, 0.1) is 7.11 Å². The van der Waals surface area contributed by atoms with Crippen molar-refractivity contribution in [3.05, 3.63) is 29.3 Å². The van der Waals surface area contributed by atoms with E-state index >= 15 is 0 Å². The zero-order chi connectivity index (χ0) is 13.2. The van der Waals surface area contributed by atoms with Crippen molar-refractivity contribution in [2.45, 2.75) is 39.0 Å². The standard InChI is InChI=1S/C16H25NO/c1-12(2)14-9-13(5-6-15(14)18-4)10-16(7-8-16)11-17-3/h5-6,9,12,17H,7-8,10-11H2,1-4H3. The van der Waals surface area contributed by atoms with E-state index in [0.717, 1.165) is 12.3 Å². The molecule has 1 aliphatic rings. The Bertz CT molecular complexity index is 408. The molecule has 1 N–H and O–H groups in total. The summed E-state index contributed by atoms with van der Waals surface area (Å²) in [6, 6.07) is 6.68. The van der Waals surface area contributed by atoms with Crippen LogP contribution >= 0.6 is 0 Å². The molecule has 100 valence electrons. The first kappa shape index (κ1) is 13.4. The van der Waals surface area contributed by atoms with E-state index in [2.05, 4.69) is 37.4 Å². The van der Waals surface area contributed by atoms with E-state index in [1.165, 1.54) is 30.4 Å². The van der Waals surface area contributed by atoms with E-state index < -0.39 is 0 Å². The van der Waals surface area contributed by atoms with Gasteiger partial charge in [0, 0.05) is 6.54 Å². The van der Waals surface area contributed by atoms with Crippen molar-refractivity contribution >= 4 is 0 Å². The second-order valence-corrected chi connectivity index (χ2v) is 5.94. The second kappa shape index (κ2) is 5.31. The minimum atomic E-state index is 0.513. The smallest absolute Gasteiger partial charge is 0.122 e. The summed E-state index contributed by atoms with van der Waals surface area (Å²) in [4.78, 5) is 0. The third-order valence-corrected chi connectivity index (χ3v) is 4.00. The van der Waals surface area contributed by atoms with Crippen LogP contribution in [0.5, 0.6) is 5.75 Å². The van der Waals surface area contributed by atoms with Crippen LogP contribution in [0.15, 0.2) is 18.2 Å². The van der Waals surface area contributed by atoms with Crippen LogP contribution in [0.4, 0.5) is 0 Å². The summed E-state index contributed by atoms with van der Waals surface area (Å²) >= 11 is 0. The fourth-order valence-corrected chi connectivity index (χ4v) is 2.75. The molecule has 2 rings (SSSR count). The lowest BCUT2D eigenvalue weighted by Crippen LogP contribution is -2.22. The molecule has 0 radical (unpaired) electrons. The van der Waals surface area contributed by atoms with Gasteiger partial charge in [0.1, 0.15) is 5.75 Å². The maximum absolute atomic E-state index is 5.44. The molecule has 2 heteroatoms. The van der Waals surface area contributed by atoms with Gasteiger partial charge in [0.25, 0.3) is 0 Å². The molecular formula is C16H25NO. The van der Waals surface area contributed by atoms with Gasteiger partial charge >= 0.3 is 0 Å². The topological polar surface area (TPSA) is 21.3 Å². The molecule has 1 fully saturated rings. The minimum Gasteiger partial charge on any atom is -0.496 e. The maximum atomic E-state index is 5.44. The number of ether oxygens (including phenoxy) is 1. The predicted octanol–water partition coefficient (Wildman–Crippen LogP) is 3.36. The summed E-state index contributed by atoms with van der Waals surface area (Å²) in [5.41, 5.74) is 3.31. The highest BCUT2D eigenvalue weighted by Gasteiger charge is 2.41. The molecule has 1 aromatic carbocycles. The fraction of sp³-hybridized carbons (Fsp3) is 0.625. The van der Waals surface area contributed by atoms with Crippen LogP contribution in [-0.4, -0.2) is 20.7 Å². The highest BCUT2D eigenvalue weighted by Crippen LogP contribution is 2.48. The van der Waals surface area contributed by atoms with Crippen molar-refractivity contribution in [3.8, 4) is 5.75 Å². The highest BCUT2D eigenvalue weighted by molar-refractivity contribution is 5.40. The predicted molar refractivity (Wildman–Crippen MR) is 76.4 cm³/mol. The Hall–Kier alpha value is -1.02. The highest BCUT2D eigenvalue weighted by atomic mass is 16.5. The monoisotopic (exact) mass is 247 g/mol. The molecule has 2 nitrogen and oxygen atoms in total. The molecule has 0 heterocycles. The maximum Gasteiger partial charge on any atom is 0.122 e. The number of hydrogen-bond acceptors (Lipinski definition) is 2. The quantitative estimate of drug-likeness (QED) is 0.832. The van der Waals surface area contributed by atoms with Crippen molar-refractivity contribution in [1.29, 1.82) is 0 Å². The van der Waals surface area contributed by atoms with Crippen molar-refractivity contribution in [1.82, 2.24) is 5.32 Å². The summed E-state index contributed by atoms with van der Waals surface area (Å²) < 4.78 is 5.44. The van der Waals surface area contributed by atoms with E-state index in [1.807, 2.05) is 7.05 Å². The lowest BCUT2D eigenvalue weighted by Gasteiger charge is -2.17. The van der Waals surface area contributed by atoms with Gasteiger partial charge in [-0.25, -0.2) is 0 Å². The van der Waals surface area contributed by atoms with Crippen molar-refractivity contribution < 1.29 is 4.74 Å². The van der Waals surface area contributed by atoms with Crippen LogP contribution < -0.4 is 10.1 Å². The number of rotatable bonds is 6. The minimum absolute atomic E-state index is 0.513. The van der Waals surface area contributed by atoms with Crippen molar-refractivity contribution in [2.24, 2.45) is 5.41 Å². The third-order valence-electron chi connectivity index (χ3n) is 4.00. The van der Waals surface area contributed by atoms with Gasteiger partial charge in [-0.1, -0.05) is 26.0 Å². The average Bonchev–Trinajstić information content (AvgIpc) is 3.09. The van der Waals surface area contributed by atoms with Crippen LogP contribution in [0.25, 0.3) is 0 Å². The lowest BCUT2D eigenvalue weighted by molar-refractivity contribution is 0.407. The molecule has 18 heavy (non-hydrogen) atoms. The number of hydrogen-bond donors (Lipinski definition) is 1. The van der Waals surface area contributed by atoms with Gasteiger partial charge in [-0.3, -0.25) is 0 Å². The largest absolute Gasteiger partial charge is 0.496 e. The molecule has 0 aliphatic heterocycles. The molecule has 1 aliphatic carbocycles. The van der Waals surface area contributed by atoms with Crippen LogP contribution in [-0.2, 0) is 6.42 Å². The second-order valence-electron chi connectivity index (χ2n) is 5.94. The van der Waals surface area contributed by atoms with Gasteiger partial charge in [-0.2, -0.15) is 0 Å². The molecular weight excluding hydrogens is 222 g/mol. The van der Waals surface area contributed by atoms with E-state index in [1.54, 1.807) is 7.11 Å². The number of nitrogens with one attached hydrogen (secondary N) is 1. The molecule has 1 aromatic rings. The Morgan fingerprint density at radius 1 is 1.33 bits per heavy atom. The first-order valence-corrected chi connectivity index (χ1v) is 6.92. The molecule has 0 atom stereocenters. The number of methoxy groups -OCH3 is 1. The summed E-state index contributed by atoms with van der Waals surface area (Å²) in [6.07, 6.45) is 3.91. The molecule has 0 aromatic heterocycles. The van der Waals surface area contributed by atoms with Gasteiger partial charge in [0.2, 0.25) is 0 Å². The Morgan fingerprint density at radius 3 is 2.56 bits per heavy atom. The average molecular weight is 247 g/mol. The van der Waals surface area contributed by atoms with Gasteiger partial charge in [-0.15, -0.1) is 0 Å². The fourth-order valence-electron chi connectivity index (χ4n) is 2.75.